The summed E-state index contributed by atoms with van der Waals surface area (Å²) in [4.78, 5) is 15.0. The molecule has 0 bridgehead atoms. The fourth-order valence-corrected chi connectivity index (χ4v) is 3.97. The smallest absolute Gasteiger partial charge is 0.256 e. The van der Waals surface area contributed by atoms with Gasteiger partial charge in [0.05, 0.1) is 12.2 Å². The normalized spacial score (nSPS) is 14.8. The number of rotatable bonds is 8. The molecule has 1 N–H and O–H groups in total. The van der Waals surface area contributed by atoms with Crippen LogP contribution in [-0.2, 0) is 6.54 Å². The van der Waals surface area contributed by atoms with Crippen LogP contribution in [0, 0.1) is 0 Å². The van der Waals surface area contributed by atoms with Gasteiger partial charge in [-0.1, -0.05) is 49.1 Å². The van der Waals surface area contributed by atoms with Crippen LogP contribution in [0.3, 0.4) is 0 Å². The summed E-state index contributed by atoms with van der Waals surface area (Å²) < 4.78 is 7.76. The van der Waals surface area contributed by atoms with E-state index in [9.17, 15) is 4.79 Å². The minimum Gasteiger partial charge on any atom is -0.489 e. The Hall–Kier alpha value is -3.38. The van der Waals surface area contributed by atoms with Gasteiger partial charge in [0.25, 0.3) is 5.91 Å². The summed E-state index contributed by atoms with van der Waals surface area (Å²) in [6.07, 6.45) is 5.47. The second kappa shape index (κ2) is 10.1. The van der Waals surface area contributed by atoms with E-state index in [1.54, 1.807) is 12.3 Å². The van der Waals surface area contributed by atoms with E-state index in [0.29, 0.717) is 12.2 Å². The van der Waals surface area contributed by atoms with Crippen molar-refractivity contribution in [2.24, 2.45) is 0 Å². The molecular weight excluding hydrogens is 388 g/mol. The highest BCUT2D eigenvalue weighted by atomic mass is 16.5. The SMILES string of the molecule is C=CCOc1ccccc1CN1CCC(n2nccc2NC(=O)c2ccccc2)CC1. The van der Waals surface area contributed by atoms with E-state index >= 15 is 0 Å². The Kier molecular flexibility index (Phi) is 6.79. The van der Waals surface area contributed by atoms with Crippen LogP contribution in [0.5, 0.6) is 5.75 Å². The summed E-state index contributed by atoms with van der Waals surface area (Å²) in [5, 5.41) is 7.50. The molecule has 160 valence electrons. The number of hydrogen-bond acceptors (Lipinski definition) is 4. The van der Waals surface area contributed by atoms with Gasteiger partial charge in [0.1, 0.15) is 18.2 Å². The summed E-state index contributed by atoms with van der Waals surface area (Å²) in [5.74, 6) is 1.55. The first-order valence-electron chi connectivity index (χ1n) is 10.7. The summed E-state index contributed by atoms with van der Waals surface area (Å²) in [6.45, 7) is 7.02. The number of nitrogens with zero attached hydrogens (tertiary/aromatic N) is 3. The van der Waals surface area contributed by atoms with E-state index in [2.05, 4.69) is 28.0 Å². The van der Waals surface area contributed by atoms with Gasteiger partial charge >= 0.3 is 0 Å². The van der Waals surface area contributed by atoms with Gasteiger partial charge in [-0.05, 0) is 31.0 Å². The third-order valence-corrected chi connectivity index (χ3v) is 5.57. The molecule has 3 aromatic rings. The van der Waals surface area contributed by atoms with Gasteiger partial charge in [0.2, 0.25) is 0 Å². The lowest BCUT2D eigenvalue weighted by Crippen LogP contribution is -2.35. The van der Waals surface area contributed by atoms with Gasteiger partial charge in [0.15, 0.2) is 0 Å². The lowest BCUT2D eigenvalue weighted by Gasteiger charge is -2.33. The van der Waals surface area contributed by atoms with Crippen LogP contribution in [0.1, 0.15) is 34.8 Å². The fourth-order valence-electron chi connectivity index (χ4n) is 3.97. The highest BCUT2D eigenvalue weighted by Gasteiger charge is 2.24. The molecule has 6 nitrogen and oxygen atoms in total. The minimum absolute atomic E-state index is 0.115. The van der Waals surface area contributed by atoms with Gasteiger partial charge in [-0.2, -0.15) is 5.10 Å². The zero-order chi connectivity index (χ0) is 21.5. The Morgan fingerprint density at radius 2 is 1.84 bits per heavy atom. The summed E-state index contributed by atoms with van der Waals surface area (Å²) >= 11 is 0. The van der Waals surface area contributed by atoms with Crippen LogP contribution < -0.4 is 10.1 Å². The Bertz CT molecular complexity index is 1010. The maximum Gasteiger partial charge on any atom is 0.256 e. The lowest BCUT2D eigenvalue weighted by atomic mass is 10.0. The average molecular weight is 417 g/mol. The van der Waals surface area contributed by atoms with Crippen LogP contribution in [0.15, 0.2) is 79.5 Å². The number of carbonyl (C=O) groups is 1. The number of hydrogen-bond donors (Lipinski definition) is 1. The maximum atomic E-state index is 12.5. The van der Waals surface area contributed by atoms with Crippen molar-refractivity contribution in [2.45, 2.75) is 25.4 Å². The summed E-state index contributed by atoms with van der Waals surface area (Å²) in [6, 6.07) is 19.6. The molecule has 2 heterocycles. The Balaban J connectivity index is 1.35. The predicted molar refractivity (Wildman–Crippen MR) is 122 cm³/mol. The standard InChI is InChI=1S/C25H28N4O2/c1-2-18-31-23-11-7-6-10-21(23)19-28-16-13-22(14-17-28)29-24(12-15-26-29)27-25(30)20-8-4-3-5-9-20/h2-12,15,22H,1,13-14,16-19H2,(H,27,30). The molecule has 1 aliphatic heterocycles. The van der Waals surface area contributed by atoms with Gasteiger partial charge in [0, 0.05) is 36.8 Å². The van der Waals surface area contributed by atoms with E-state index in [-0.39, 0.29) is 11.9 Å². The highest BCUT2D eigenvalue weighted by molar-refractivity contribution is 6.03. The molecule has 0 atom stereocenters. The van der Waals surface area contributed by atoms with E-state index < -0.39 is 0 Å². The number of amides is 1. The molecule has 1 aromatic heterocycles. The van der Waals surface area contributed by atoms with Gasteiger partial charge in [-0.25, -0.2) is 4.68 Å². The number of likely N-dealkylation sites (tertiary alicyclic amines) is 1. The molecule has 6 heteroatoms. The number of ether oxygens (including phenoxy) is 1. The number of aromatic nitrogens is 2. The average Bonchev–Trinajstić information content (AvgIpc) is 3.27. The molecule has 1 saturated heterocycles. The zero-order valence-electron chi connectivity index (χ0n) is 17.6. The number of anilines is 1. The first-order chi connectivity index (χ1) is 15.2. The first-order valence-corrected chi connectivity index (χ1v) is 10.7. The molecule has 2 aromatic carbocycles. The van der Waals surface area contributed by atoms with Crippen molar-refractivity contribution < 1.29 is 9.53 Å². The number of nitrogens with one attached hydrogen (secondary N) is 1. The van der Waals surface area contributed by atoms with Crippen LogP contribution >= 0.6 is 0 Å². The molecule has 1 fully saturated rings. The first kappa shape index (κ1) is 20.9. The van der Waals surface area contributed by atoms with E-state index in [4.69, 9.17) is 4.74 Å². The molecule has 0 radical (unpaired) electrons. The van der Waals surface area contributed by atoms with Crippen molar-refractivity contribution in [1.29, 1.82) is 0 Å². The number of piperidine rings is 1. The molecule has 0 aliphatic carbocycles. The lowest BCUT2D eigenvalue weighted by molar-refractivity contribution is 0.102. The Labute approximate surface area is 183 Å². The van der Waals surface area contributed by atoms with E-state index in [1.807, 2.05) is 59.3 Å². The molecule has 4 rings (SSSR count). The summed E-state index contributed by atoms with van der Waals surface area (Å²) in [5.41, 5.74) is 1.83. The van der Waals surface area contributed by atoms with Gasteiger partial charge < -0.3 is 10.1 Å². The van der Waals surface area contributed by atoms with Crippen molar-refractivity contribution in [3.63, 3.8) is 0 Å². The van der Waals surface area contributed by atoms with Crippen molar-refractivity contribution >= 4 is 11.7 Å². The molecule has 1 aliphatic rings. The summed E-state index contributed by atoms with van der Waals surface area (Å²) in [7, 11) is 0. The Morgan fingerprint density at radius 1 is 1.10 bits per heavy atom. The van der Waals surface area contributed by atoms with Crippen molar-refractivity contribution in [3.8, 4) is 5.75 Å². The number of benzene rings is 2. The van der Waals surface area contributed by atoms with Crippen molar-refractivity contribution in [3.05, 3.63) is 90.6 Å². The van der Waals surface area contributed by atoms with Crippen LogP contribution in [-0.4, -0.2) is 40.3 Å². The Morgan fingerprint density at radius 3 is 2.61 bits per heavy atom. The molecular formula is C25H28N4O2. The van der Waals surface area contributed by atoms with Gasteiger partial charge in [-0.15, -0.1) is 0 Å². The monoisotopic (exact) mass is 416 g/mol. The van der Waals surface area contributed by atoms with Crippen molar-refractivity contribution in [1.82, 2.24) is 14.7 Å². The molecule has 31 heavy (non-hydrogen) atoms. The van der Waals surface area contributed by atoms with E-state index in [1.165, 1.54) is 5.56 Å². The fraction of sp³-hybridized carbons (Fsp3) is 0.280. The molecule has 1 amide bonds. The second-order valence-corrected chi connectivity index (χ2v) is 7.70. The van der Waals surface area contributed by atoms with Crippen LogP contribution in [0.4, 0.5) is 5.82 Å². The third kappa shape index (κ3) is 5.22. The largest absolute Gasteiger partial charge is 0.489 e. The zero-order valence-corrected chi connectivity index (χ0v) is 17.6. The predicted octanol–water partition coefficient (Wildman–Crippen LogP) is 4.54. The van der Waals surface area contributed by atoms with Gasteiger partial charge in [-0.3, -0.25) is 9.69 Å². The molecule has 0 saturated carbocycles. The number of carbonyl (C=O) groups excluding carboxylic acids is 1. The maximum absolute atomic E-state index is 12.5. The topological polar surface area (TPSA) is 59.4 Å². The second-order valence-electron chi connectivity index (χ2n) is 7.70. The quantitative estimate of drug-likeness (QED) is 0.548. The highest BCUT2D eigenvalue weighted by Crippen LogP contribution is 2.28. The number of para-hydroxylation sites is 1. The third-order valence-electron chi connectivity index (χ3n) is 5.57. The molecule has 0 spiro atoms. The molecule has 0 unspecified atom stereocenters. The van der Waals surface area contributed by atoms with Crippen molar-refractivity contribution in [2.75, 3.05) is 25.0 Å². The van der Waals surface area contributed by atoms with E-state index in [0.717, 1.165) is 44.0 Å². The van der Waals surface area contributed by atoms with Crippen LogP contribution in [0.25, 0.3) is 0 Å². The van der Waals surface area contributed by atoms with Crippen LogP contribution in [0.2, 0.25) is 0 Å². The minimum atomic E-state index is -0.115.